The summed E-state index contributed by atoms with van der Waals surface area (Å²) < 4.78 is 13.3. The Morgan fingerprint density at radius 3 is 2.21 bits per heavy atom. The summed E-state index contributed by atoms with van der Waals surface area (Å²) in [6, 6.07) is 7.10. The lowest BCUT2D eigenvalue weighted by Crippen LogP contribution is -1.88. The van der Waals surface area contributed by atoms with Crippen molar-refractivity contribution in [3.8, 4) is 16.9 Å². The van der Waals surface area contributed by atoms with Gasteiger partial charge in [0.05, 0.1) is 16.3 Å². The third-order valence-corrected chi connectivity index (χ3v) is 3.17. The first kappa shape index (κ1) is 13.6. The lowest BCUT2D eigenvalue weighted by Gasteiger charge is -2.07. The molecule has 0 unspecified atom stereocenters. The highest BCUT2D eigenvalue weighted by molar-refractivity contribution is 6.39. The summed E-state index contributed by atoms with van der Waals surface area (Å²) in [6.45, 7) is 0. The highest BCUT2D eigenvalue weighted by Crippen LogP contribution is 2.32. The van der Waals surface area contributed by atoms with Crippen LogP contribution < -0.4 is 0 Å². The van der Waals surface area contributed by atoms with E-state index < -0.39 is 11.6 Å². The average Bonchev–Trinajstić information content (AvgIpc) is 2.37. The van der Waals surface area contributed by atoms with E-state index in [1.807, 2.05) is 0 Å². The molecule has 3 nitrogen and oxygen atoms in total. The molecule has 2 aromatic rings. The van der Waals surface area contributed by atoms with Crippen LogP contribution in [0.4, 0.5) is 4.39 Å². The number of nitrogens with zero attached hydrogens (tertiary/aromatic N) is 1. The minimum Gasteiger partial charge on any atom is -0.505 e. The van der Waals surface area contributed by atoms with E-state index in [2.05, 4.69) is 5.16 Å². The van der Waals surface area contributed by atoms with E-state index in [4.69, 9.17) is 33.5 Å². The first-order valence-electron chi connectivity index (χ1n) is 5.18. The van der Waals surface area contributed by atoms with E-state index in [1.54, 1.807) is 18.2 Å². The first-order valence-corrected chi connectivity index (χ1v) is 5.94. The fourth-order valence-corrected chi connectivity index (χ4v) is 2.20. The molecule has 0 spiro atoms. The first-order chi connectivity index (χ1) is 9.02. The normalized spacial score (nSPS) is 11.1. The van der Waals surface area contributed by atoms with Crippen molar-refractivity contribution >= 4 is 29.4 Å². The second-order valence-corrected chi connectivity index (χ2v) is 4.58. The van der Waals surface area contributed by atoms with Crippen molar-refractivity contribution in [2.75, 3.05) is 0 Å². The van der Waals surface area contributed by atoms with Gasteiger partial charge in [-0.2, -0.15) is 0 Å². The zero-order valence-corrected chi connectivity index (χ0v) is 11.0. The number of rotatable bonds is 2. The fraction of sp³-hybridized carbons (Fsp3) is 0. The maximum Gasteiger partial charge on any atom is 0.165 e. The maximum atomic E-state index is 13.3. The summed E-state index contributed by atoms with van der Waals surface area (Å²) in [6.07, 6.45) is 1.12. The molecule has 0 saturated heterocycles. The predicted octanol–water partition coefficient (Wildman–Crippen LogP) is 4.31. The molecule has 0 atom stereocenters. The Labute approximate surface area is 118 Å². The molecule has 0 aliphatic carbocycles. The number of aromatic hydroxyl groups is 1. The van der Waals surface area contributed by atoms with Crippen LogP contribution in [0.25, 0.3) is 11.1 Å². The summed E-state index contributed by atoms with van der Waals surface area (Å²) >= 11 is 12.0. The quantitative estimate of drug-likeness (QED) is 0.493. The van der Waals surface area contributed by atoms with Gasteiger partial charge in [-0.25, -0.2) is 4.39 Å². The van der Waals surface area contributed by atoms with Crippen LogP contribution in [0.1, 0.15) is 5.56 Å². The van der Waals surface area contributed by atoms with Crippen molar-refractivity contribution < 1.29 is 14.7 Å². The van der Waals surface area contributed by atoms with Crippen molar-refractivity contribution in [1.29, 1.82) is 0 Å². The van der Waals surface area contributed by atoms with Gasteiger partial charge in [0.1, 0.15) is 0 Å². The van der Waals surface area contributed by atoms with Gasteiger partial charge in [-0.15, -0.1) is 0 Å². The van der Waals surface area contributed by atoms with Gasteiger partial charge in [0.25, 0.3) is 0 Å². The number of benzene rings is 2. The molecule has 0 aliphatic heterocycles. The lowest BCUT2D eigenvalue weighted by atomic mass is 10.0. The monoisotopic (exact) mass is 299 g/mol. The zero-order chi connectivity index (χ0) is 14.0. The van der Waals surface area contributed by atoms with Crippen LogP contribution in [-0.2, 0) is 0 Å². The number of hydrogen-bond acceptors (Lipinski definition) is 3. The van der Waals surface area contributed by atoms with Crippen LogP contribution in [-0.4, -0.2) is 16.5 Å². The molecule has 0 fully saturated rings. The molecule has 0 aromatic heterocycles. The molecule has 0 heterocycles. The van der Waals surface area contributed by atoms with Gasteiger partial charge in [-0.1, -0.05) is 34.4 Å². The van der Waals surface area contributed by atoms with Gasteiger partial charge in [-0.05, 0) is 35.4 Å². The van der Waals surface area contributed by atoms with Crippen LogP contribution >= 0.6 is 23.2 Å². The van der Waals surface area contributed by atoms with Gasteiger partial charge >= 0.3 is 0 Å². The van der Waals surface area contributed by atoms with E-state index in [0.717, 1.165) is 6.21 Å². The zero-order valence-electron chi connectivity index (χ0n) is 9.44. The Morgan fingerprint density at radius 2 is 1.68 bits per heavy atom. The standard InChI is InChI=1S/C13H8Cl2FNO2/c14-10-3-8(4-11(15)9(10)6-17-19)7-1-2-13(18)12(16)5-7/h1-6,18-19H/b17-6+. The molecular formula is C13H8Cl2FNO2. The molecular weight excluding hydrogens is 292 g/mol. The summed E-state index contributed by atoms with van der Waals surface area (Å²) in [7, 11) is 0. The van der Waals surface area contributed by atoms with Gasteiger partial charge in [0, 0.05) is 5.56 Å². The highest BCUT2D eigenvalue weighted by Gasteiger charge is 2.10. The van der Waals surface area contributed by atoms with Crippen molar-refractivity contribution in [2.24, 2.45) is 5.16 Å². The topological polar surface area (TPSA) is 52.8 Å². The number of halogens is 3. The minimum absolute atomic E-state index is 0.272. The fourth-order valence-electron chi connectivity index (χ4n) is 1.62. The molecule has 0 aliphatic rings. The maximum absolute atomic E-state index is 13.3. The molecule has 0 saturated carbocycles. The Bertz CT molecular complexity index is 636. The summed E-state index contributed by atoms with van der Waals surface area (Å²) in [5, 5.41) is 21.1. The van der Waals surface area contributed by atoms with Crippen LogP contribution in [0.2, 0.25) is 10.0 Å². The number of phenolic OH excluding ortho intramolecular Hbond substituents is 1. The Hall–Kier alpha value is -1.78. The van der Waals surface area contributed by atoms with Crippen LogP contribution in [0, 0.1) is 5.82 Å². The molecule has 0 amide bonds. The lowest BCUT2D eigenvalue weighted by molar-refractivity contribution is 0.322. The largest absolute Gasteiger partial charge is 0.505 e. The van der Waals surface area contributed by atoms with E-state index >= 15 is 0 Å². The van der Waals surface area contributed by atoms with Crippen molar-refractivity contribution in [2.45, 2.75) is 0 Å². The molecule has 98 valence electrons. The molecule has 2 N–H and O–H groups in total. The average molecular weight is 300 g/mol. The molecule has 0 radical (unpaired) electrons. The van der Waals surface area contributed by atoms with E-state index in [-0.39, 0.29) is 10.0 Å². The smallest absolute Gasteiger partial charge is 0.165 e. The van der Waals surface area contributed by atoms with Gasteiger partial charge in [0.15, 0.2) is 11.6 Å². The van der Waals surface area contributed by atoms with Crippen molar-refractivity contribution in [3.63, 3.8) is 0 Å². The van der Waals surface area contributed by atoms with Crippen LogP contribution in [0.5, 0.6) is 5.75 Å². The SMILES string of the molecule is O/N=C/c1c(Cl)cc(-c2ccc(O)c(F)c2)cc1Cl. The Morgan fingerprint density at radius 1 is 1.05 bits per heavy atom. The van der Waals surface area contributed by atoms with Crippen LogP contribution in [0.15, 0.2) is 35.5 Å². The van der Waals surface area contributed by atoms with E-state index in [9.17, 15) is 4.39 Å². The van der Waals surface area contributed by atoms with Gasteiger partial charge in [-0.3, -0.25) is 0 Å². The highest BCUT2D eigenvalue weighted by atomic mass is 35.5. The molecule has 6 heteroatoms. The van der Waals surface area contributed by atoms with Gasteiger partial charge < -0.3 is 10.3 Å². The summed E-state index contributed by atoms with van der Waals surface area (Å²) in [4.78, 5) is 0. The Balaban J connectivity index is 2.54. The predicted molar refractivity (Wildman–Crippen MR) is 72.9 cm³/mol. The third kappa shape index (κ3) is 2.80. The number of phenols is 1. The minimum atomic E-state index is -0.731. The molecule has 0 bridgehead atoms. The van der Waals surface area contributed by atoms with Crippen LogP contribution in [0.3, 0.4) is 0 Å². The molecule has 19 heavy (non-hydrogen) atoms. The third-order valence-electron chi connectivity index (χ3n) is 2.55. The second kappa shape index (κ2) is 5.47. The van der Waals surface area contributed by atoms with Crippen molar-refractivity contribution in [3.05, 3.63) is 51.8 Å². The number of hydrogen-bond donors (Lipinski definition) is 2. The second-order valence-electron chi connectivity index (χ2n) is 3.76. The summed E-state index contributed by atoms with van der Waals surface area (Å²) in [5.41, 5.74) is 1.48. The molecule has 2 aromatic carbocycles. The van der Waals surface area contributed by atoms with E-state index in [0.29, 0.717) is 16.7 Å². The van der Waals surface area contributed by atoms with Crippen molar-refractivity contribution in [1.82, 2.24) is 0 Å². The number of oxime groups is 1. The molecule has 2 rings (SSSR count). The van der Waals surface area contributed by atoms with Gasteiger partial charge in [0.2, 0.25) is 0 Å². The Kier molecular flexibility index (Phi) is 3.93. The van der Waals surface area contributed by atoms with E-state index in [1.165, 1.54) is 12.1 Å². The summed E-state index contributed by atoms with van der Waals surface area (Å²) in [5.74, 6) is -1.16.